The zero-order valence-electron chi connectivity index (χ0n) is 18.3. The van der Waals surface area contributed by atoms with E-state index in [4.69, 9.17) is 26.4 Å². The molecule has 2 aromatic heterocycles. The van der Waals surface area contributed by atoms with Crippen LogP contribution in [0.5, 0.6) is 17.4 Å². The molecule has 0 spiro atoms. The molecule has 0 bridgehead atoms. The molecule has 3 aromatic rings. The maximum absolute atomic E-state index is 13.4. The number of fused-ring (bicyclic) bond motifs is 1. The first-order chi connectivity index (χ1) is 16.5. The number of rotatable bonds is 6. The van der Waals surface area contributed by atoms with E-state index in [-0.39, 0.29) is 29.0 Å². The highest BCUT2D eigenvalue weighted by molar-refractivity contribution is 8.26. The summed E-state index contributed by atoms with van der Waals surface area (Å²) in [6.07, 6.45) is 4.99. The second-order valence-corrected chi connectivity index (χ2v) is 9.45. The van der Waals surface area contributed by atoms with E-state index in [2.05, 4.69) is 4.98 Å². The quantitative estimate of drug-likeness (QED) is 0.377. The van der Waals surface area contributed by atoms with Crippen molar-refractivity contribution in [2.75, 3.05) is 20.3 Å². The molecule has 0 saturated carbocycles. The van der Waals surface area contributed by atoms with Gasteiger partial charge in [0.15, 0.2) is 0 Å². The van der Waals surface area contributed by atoms with Gasteiger partial charge in [0.2, 0.25) is 5.88 Å². The summed E-state index contributed by atoms with van der Waals surface area (Å²) in [4.78, 5) is 32.9. The van der Waals surface area contributed by atoms with Gasteiger partial charge in [-0.25, -0.2) is 0 Å². The highest BCUT2D eigenvalue weighted by Gasteiger charge is 2.35. The summed E-state index contributed by atoms with van der Waals surface area (Å²) < 4.78 is 18.7. The number of aromatic nitrogens is 2. The molecule has 1 atom stereocenters. The Balaban J connectivity index is 1.53. The molecular weight excluding hydrogens is 474 g/mol. The first-order valence-electron chi connectivity index (χ1n) is 10.7. The number of hydrogen-bond acceptors (Lipinski definition) is 8. The largest absolute Gasteiger partial charge is 0.497 e. The van der Waals surface area contributed by atoms with Gasteiger partial charge in [-0.15, -0.1) is 0 Å². The minimum absolute atomic E-state index is 0.0243. The second-order valence-electron chi connectivity index (χ2n) is 7.77. The van der Waals surface area contributed by atoms with E-state index in [1.165, 1.54) is 15.4 Å². The van der Waals surface area contributed by atoms with Crippen molar-refractivity contribution in [1.29, 1.82) is 0 Å². The van der Waals surface area contributed by atoms with Crippen molar-refractivity contribution in [1.82, 2.24) is 14.3 Å². The fourth-order valence-corrected chi connectivity index (χ4v) is 5.08. The lowest BCUT2D eigenvalue weighted by molar-refractivity contribution is -0.123. The molecule has 8 nitrogen and oxygen atoms in total. The molecule has 2 saturated heterocycles. The lowest BCUT2D eigenvalue weighted by Gasteiger charge is -2.18. The Morgan fingerprint density at radius 1 is 1.21 bits per heavy atom. The minimum atomic E-state index is -0.349. The molecule has 2 aliphatic rings. The van der Waals surface area contributed by atoms with E-state index in [0.29, 0.717) is 39.5 Å². The SMILES string of the molecule is COc1ccc(Oc2nc3ccccn3c(=O)c2/C=C2\SC(=S)N(C[C@@H]3CCCO3)C2=O)cc1. The molecule has 0 radical (unpaired) electrons. The summed E-state index contributed by atoms with van der Waals surface area (Å²) >= 11 is 6.61. The number of ether oxygens (including phenoxy) is 3. The molecule has 0 N–H and O–H groups in total. The molecule has 4 heterocycles. The van der Waals surface area contributed by atoms with Gasteiger partial charge in [-0.05, 0) is 55.3 Å². The van der Waals surface area contributed by atoms with E-state index < -0.39 is 0 Å². The fraction of sp³-hybridized carbons (Fsp3) is 0.250. The van der Waals surface area contributed by atoms with Gasteiger partial charge in [0, 0.05) is 12.8 Å². The zero-order valence-corrected chi connectivity index (χ0v) is 19.9. The summed E-state index contributed by atoms with van der Waals surface area (Å²) in [5.41, 5.74) is 0.245. The van der Waals surface area contributed by atoms with Gasteiger partial charge < -0.3 is 14.2 Å². The van der Waals surface area contributed by atoms with Crippen molar-refractivity contribution in [3.63, 3.8) is 0 Å². The molecule has 1 aromatic carbocycles. The van der Waals surface area contributed by atoms with E-state index in [9.17, 15) is 9.59 Å². The average Bonchev–Trinajstić information content (AvgIpc) is 3.46. The molecule has 174 valence electrons. The van der Waals surface area contributed by atoms with Gasteiger partial charge in [-0.1, -0.05) is 30.0 Å². The lowest BCUT2D eigenvalue weighted by atomic mass is 10.2. The third-order valence-electron chi connectivity index (χ3n) is 5.57. The predicted molar refractivity (Wildman–Crippen MR) is 133 cm³/mol. The van der Waals surface area contributed by atoms with Crippen molar-refractivity contribution in [3.05, 3.63) is 69.5 Å². The van der Waals surface area contributed by atoms with Gasteiger partial charge in [0.05, 0.1) is 24.7 Å². The topological polar surface area (TPSA) is 82.4 Å². The van der Waals surface area contributed by atoms with Gasteiger partial charge in [-0.3, -0.25) is 18.9 Å². The minimum Gasteiger partial charge on any atom is -0.497 e. The number of carbonyl (C=O) groups excluding carboxylic acids is 1. The summed E-state index contributed by atoms with van der Waals surface area (Å²) in [5, 5.41) is 0. The first-order valence-corrected chi connectivity index (χ1v) is 12.0. The molecule has 0 aliphatic carbocycles. The Kier molecular flexibility index (Phi) is 6.36. The molecule has 10 heteroatoms. The highest BCUT2D eigenvalue weighted by Crippen LogP contribution is 2.35. The highest BCUT2D eigenvalue weighted by atomic mass is 32.2. The molecule has 0 unspecified atom stereocenters. The van der Waals surface area contributed by atoms with Crippen LogP contribution in [0.4, 0.5) is 0 Å². The second kappa shape index (κ2) is 9.57. The monoisotopic (exact) mass is 495 g/mol. The Morgan fingerprint density at radius 2 is 2.00 bits per heavy atom. The van der Waals surface area contributed by atoms with Crippen molar-refractivity contribution >= 4 is 45.9 Å². The summed E-state index contributed by atoms with van der Waals surface area (Å²) in [5.74, 6) is 1.01. The van der Waals surface area contributed by atoms with E-state index in [1.807, 2.05) is 0 Å². The number of thioether (sulfide) groups is 1. The van der Waals surface area contributed by atoms with Crippen LogP contribution in [-0.4, -0.2) is 50.9 Å². The summed E-state index contributed by atoms with van der Waals surface area (Å²) in [7, 11) is 1.58. The maximum Gasteiger partial charge on any atom is 0.269 e. The van der Waals surface area contributed by atoms with Gasteiger partial charge >= 0.3 is 0 Å². The van der Waals surface area contributed by atoms with Crippen LogP contribution >= 0.6 is 24.0 Å². The average molecular weight is 496 g/mol. The van der Waals surface area contributed by atoms with Crippen LogP contribution in [0.15, 0.2) is 58.4 Å². The Labute approximate surface area is 205 Å². The number of benzene rings is 1. The van der Waals surface area contributed by atoms with Crippen LogP contribution in [0, 0.1) is 0 Å². The molecule has 1 amide bonds. The summed E-state index contributed by atoms with van der Waals surface area (Å²) in [6.45, 7) is 1.10. The van der Waals surface area contributed by atoms with Crippen molar-refractivity contribution in [3.8, 4) is 17.4 Å². The van der Waals surface area contributed by atoms with Crippen LogP contribution in [0.3, 0.4) is 0 Å². The fourth-order valence-electron chi connectivity index (χ4n) is 3.82. The third kappa shape index (κ3) is 4.44. The van der Waals surface area contributed by atoms with Crippen molar-refractivity contribution < 1.29 is 19.0 Å². The Bertz CT molecular complexity index is 1350. The number of carbonyl (C=O) groups is 1. The number of thiocarbonyl (C=S) groups is 1. The first kappa shape index (κ1) is 22.6. The normalized spacial score (nSPS) is 19.4. The molecule has 5 rings (SSSR count). The smallest absolute Gasteiger partial charge is 0.269 e. The van der Waals surface area contributed by atoms with Crippen LogP contribution in [0.1, 0.15) is 18.4 Å². The van der Waals surface area contributed by atoms with Crippen LogP contribution in [-0.2, 0) is 9.53 Å². The van der Waals surface area contributed by atoms with E-state index in [0.717, 1.165) is 24.6 Å². The maximum atomic E-state index is 13.4. The molecule has 34 heavy (non-hydrogen) atoms. The van der Waals surface area contributed by atoms with Crippen LogP contribution in [0.25, 0.3) is 11.7 Å². The van der Waals surface area contributed by atoms with E-state index >= 15 is 0 Å². The standard InChI is InChI=1S/C24H21N3O5S2/c1-30-15-7-9-16(10-8-15)32-21-18(22(28)26-11-3-2-6-20(26)25-21)13-19-23(29)27(24(33)34-19)14-17-5-4-12-31-17/h2-3,6-11,13,17H,4-5,12,14H2,1H3/b19-13-/t17-/m0/s1. The van der Waals surface area contributed by atoms with Crippen LogP contribution < -0.4 is 15.0 Å². The van der Waals surface area contributed by atoms with Gasteiger partial charge in [0.25, 0.3) is 11.5 Å². The Hall–Kier alpha value is -3.21. The Morgan fingerprint density at radius 3 is 2.74 bits per heavy atom. The molecular formula is C24H21N3O5S2. The molecule has 2 aliphatic heterocycles. The number of nitrogens with zero attached hydrogens (tertiary/aromatic N) is 3. The number of methoxy groups -OCH3 is 1. The number of hydrogen-bond donors (Lipinski definition) is 0. The van der Waals surface area contributed by atoms with Crippen molar-refractivity contribution in [2.24, 2.45) is 0 Å². The summed E-state index contributed by atoms with van der Waals surface area (Å²) in [6, 6.07) is 12.2. The number of pyridine rings is 1. The molecule has 2 fully saturated rings. The van der Waals surface area contributed by atoms with E-state index in [1.54, 1.807) is 55.8 Å². The third-order valence-corrected chi connectivity index (χ3v) is 6.95. The number of amides is 1. The zero-order chi connectivity index (χ0) is 23.7. The van der Waals surface area contributed by atoms with Crippen molar-refractivity contribution in [2.45, 2.75) is 18.9 Å². The van der Waals surface area contributed by atoms with Gasteiger partial charge in [-0.2, -0.15) is 4.98 Å². The van der Waals surface area contributed by atoms with Gasteiger partial charge in [0.1, 0.15) is 27.0 Å². The lowest BCUT2D eigenvalue weighted by Crippen LogP contribution is -2.35. The van der Waals surface area contributed by atoms with Crippen LogP contribution in [0.2, 0.25) is 0 Å². The predicted octanol–water partition coefficient (Wildman–Crippen LogP) is 3.88.